The number of nitrogens with zero attached hydrogens (tertiary/aromatic N) is 2. The zero-order chi connectivity index (χ0) is 24.0. The van der Waals surface area contributed by atoms with Crippen LogP contribution in [0.4, 0.5) is 5.69 Å². The van der Waals surface area contributed by atoms with Crippen molar-refractivity contribution in [3.63, 3.8) is 0 Å². The number of carbonyl (C=O) groups is 3. The smallest absolute Gasteiger partial charge is 0.265 e. The largest absolute Gasteiger partial charge is 0.321 e. The van der Waals surface area contributed by atoms with Gasteiger partial charge in [0.05, 0.1) is 32.6 Å². The van der Waals surface area contributed by atoms with Gasteiger partial charge < -0.3 is 10.2 Å². The molecule has 2 heterocycles. The molecule has 174 valence electrons. The summed E-state index contributed by atoms with van der Waals surface area (Å²) in [5.41, 5.74) is 3.25. The highest BCUT2D eigenvalue weighted by Crippen LogP contribution is 2.48. The van der Waals surface area contributed by atoms with Crippen LogP contribution in [0.25, 0.3) is 0 Å². The highest BCUT2D eigenvalue weighted by atomic mass is 35.5. The van der Waals surface area contributed by atoms with E-state index >= 15 is 0 Å². The fourth-order valence-corrected chi connectivity index (χ4v) is 5.58. The summed E-state index contributed by atoms with van der Waals surface area (Å²) in [6, 6.07) is 16.4. The summed E-state index contributed by atoms with van der Waals surface area (Å²) in [4.78, 5) is 42.8. The number of thiophene rings is 1. The second kappa shape index (κ2) is 8.65. The molecule has 1 N–H and O–H groups in total. The van der Waals surface area contributed by atoms with Crippen molar-refractivity contribution in [1.82, 2.24) is 9.80 Å². The zero-order valence-corrected chi connectivity index (χ0v) is 20.5. The second-order valence-electron chi connectivity index (χ2n) is 9.20. The monoisotopic (exact) mass is 493 g/mol. The Morgan fingerprint density at radius 2 is 1.79 bits per heavy atom. The van der Waals surface area contributed by atoms with Gasteiger partial charge in [-0.3, -0.25) is 19.3 Å². The van der Waals surface area contributed by atoms with E-state index in [1.807, 2.05) is 12.1 Å². The lowest BCUT2D eigenvalue weighted by molar-refractivity contribution is 0.0642. The molecule has 1 aliphatic carbocycles. The molecule has 5 rings (SSSR count). The number of hydrogen-bond acceptors (Lipinski definition) is 5. The summed E-state index contributed by atoms with van der Waals surface area (Å²) < 4.78 is 0.501. The van der Waals surface area contributed by atoms with Gasteiger partial charge in [-0.05, 0) is 62.3 Å². The van der Waals surface area contributed by atoms with E-state index in [1.54, 1.807) is 30.3 Å². The SMILES string of the molecule is CN(C)CC1(c2ccc(CN3C(=O)c4cccc(NC(=O)c5ccc(Cl)s5)c4C3=O)cc2)CC1. The minimum absolute atomic E-state index is 0.182. The van der Waals surface area contributed by atoms with Gasteiger partial charge in [-0.1, -0.05) is 41.9 Å². The van der Waals surface area contributed by atoms with Crippen LogP contribution >= 0.6 is 22.9 Å². The molecule has 3 amide bonds. The predicted molar refractivity (Wildman–Crippen MR) is 134 cm³/mol. The Hall–Kier alpha value is -3.00. The van der Waals surface area contributed by atoms with Crippen LogP contribution in [0.1, 0.15) is 54.4 Å². The summed E-state index contributed by atoms with van der Waals surface area (Å²) in [5.74, 6) is -1.13. The fraction of sp³-hybridized carbons (Fsp3) is 0.269. The van der Waals surface area contributed by atoms with Crippen molar-refractivity contribution in [3.05, 3.63) is 86.1 Å². The summed E-state index contributed by atoms with van der Waals surface area (Å²) in [7, 11) is 4.17. The van der Waals surface area contributed by atoms with Crippen LogP contribution in [-0.4, -0.2) is 48.2 Å². The Bertz CT molecular complexity index is 1290. The van der Waals surface area contributed by atoms with Crippen molar-refractivity contribution in [3.8, 4) is 0 Å². The van der Waals surface area contributed by atoms with Gasteiger partial charge in [0.1, 0.15) is 0 Å². The molecule has 0 saturated heterocycles. The molecule has 1 aliphatic heterocycles. The lowest BCUT2D eigenvalue weighted by atomic mass is 9.94. The number of nitrogens with one attached hydrogen (secondary N) is 1. The number of carbonyl (C=O) groups excluding carboxylic acids is 3. The molecule has 34 heavy (non-hydrogen) atoms. The fourth-order valence-electron chi connectivity index (χ4n) is 4.64. The number of rotatable bonds is 7. The van der Waals surface area contributed by atoms with E-state index in [0.29, 0.717) is 20.5 Å². The van der Waals surface area contributed by atoms with E-state index in [0.717, 1.165) is 23.4 Å². The van der Waals surface area contributed by atoms with Crippen molar-refractivity contribution >= 4 is 46.3 Å². The number of amides is 3. The normalized spacial score (nSPS) is 16.2. The Morgan fingerprint density at radius 1 is 1.06 bits per heavy atom. The van der Waals surface area contributed by atoms with E-state index in [2.05, 4.69) is 36.4 Å². The van der Waals surface area contributed by atoms with Crippen LogP contribution < -0.4 is 5.32 Å². The first-order valence-electron chi connectivity index (χ1n) is 11.1. The van der Waals surface area contributed by atoms with Crippen LogP contribution in [0, 0.1) is 0 Å². The zero-order valence-electron chi connectivity index (χ0n) is 18.9. The number of halogens is 1. The molecule has 3 aromatic rings. The first kappa shape index (κ1) is 22.8. The van der Waals surface area contributed by atoms with Gasteiger partial charge in [0, 0.05) is 12.0 Å². The molecular weight excluding hydrogens is 470 g/mol. The summed E-state index contributed by atoms with van der Waals surface area (Å²) in [5, 5.41) is 2.76. The maximum atomic E-state index is 13.2. The van der Waals surface area contributed by atoms with Gasteiger partial charge in [-0.2, -0.15) is 0 Å². The first-order valence-corrected chi connectivity index (χ1v) is 12.3. The van der Waals surface area contributed by atoms with Crippen molar-refractivity contribution < 1.29 is 14.4 Å². The number of imide groups is 1. The molecule has 0 radical (unpaired) electrons. The maximum absolute atomic E-state index is 13.2. The van der Waals surface area contributed by atoms with Gasteiger partial charge in [-0.25, -0.2) is 0 Å². The van der Waals surface area contributed by atoms with E-state index < -0.39 is 5.91 Å². The Balaban J connectivity index is 1.34. The topological polar surface area (TPSA) is 69.7 Å². The van der Waals surface area contributed by atoms with E-state index in [9.17, 15) is 14.4 Å². The van der Waals surface area contributed by atoms with Crippen molar-refractivity contribution in [2.75, 3.05) is 26.0 Å². The summed E-state index contributed by atoms with van der Waals surface area (Å²) in [6.45, 7) is 1.19. The van der Waals surface area contributed by atoms with Crippen LogP contribution in [-0.2, 0) is 12.0 Å². The lowest BCUT2D eigenvalue weighted by Crippen LogP contribution is -2.29. The summed E-state index contributed by atoms with van der Waals surface area (Å²) in [6.07, 6.45) is 2.35. The molecule has 2 aromatic carbocycles. The third-order valence-corrected chi connectivity index (χ3v) is 7.65. The van der Waals surface area contributed by atoms with E-state index in [4.69, 9.17) is 11.6 Å². The molecule has 0 spiro atoms. The molecule has 6 nitrogen and oxygen atoms in total. The minimum atomic E-state index is -0.407. The quantitative estimate of drug-likeness (QED) is 0.468. The average Bonchev–Trinajstić information content (AvgIpc) is 3.37. The van der Waals surface area contributed by atoms with Crippen LogP contribution in [0.3, 0.4) is 0 Å². The number of likely N-dealkylation sites (N-methyl/N-ethyl adjacent to an activating group) is 1. The molecule has 1 fully saturated rings. The molecule has 2 aliphatic rings. The molecule has 1 aromatic heterocycles. The second-order valence-corrected chi connectivity index (χ2v) is 10.9. The van der Waals surface area contributed by atoms with Gasteiger partial charge >= 0.3 is 0 Å². The van der Waals surface area contributed by atoms with E-state index in [1.165, 1.54) is 23.3 Å². The van der Waals surface area contributed by atoms with Gasteiger partial charge in [0.2, 0.25) is 0 Å². The Labute approximate surface area is 207 Å². The highest BCUT2D eigenvalue weighted by Gasteiger charge is 2.44. The number of anilines is 1. The Morgan fingerprint density at radius 3 is 2.41 bits per heavy atom. The average molecular weight is 494 g/mol. The molecule has 8 heteroatoms. The third kappa shape index (κ3) is 4.15. The third-order valence-electron chi connectivity index (χ3n) is 6.42. The van der Waals surface area contributed by atoms with E-state index in [-0.39, 0.29) is 29.3 Å². The highest BCUT2D eigenvalue weighted by molar-refractivity contribution is 7.18. The molecular formula is C26H24ClN3O3S. The van der Waals surface area contributed by atoms with Crippen molar-refractivity contribution in [2.45, 2.75) is 24.8 Å². The van der Waals surface area contributed by atoms with Crippen LogP contribution in [0.5, 0.6) is 0 Å². The summed E-state index contributed by atoms with van der Waals surface area (Å²) >= 11 is 7.08. The van der Waals surface area contributed by atoms with Crippen LogP contribution in [0.2, 0.25) is 4.34 Å². The maximum Gasteiger partial charge on any atom is 0.265 e. The van der Waals surface area contributed by atoms with Gasteiger partial charge in [-0.15, -0.1) is 11.3 Å². The van der Waals surface area contributed by atoms with Crippen molar-refractivity contribution in [1.29, 1.82) is 0 Å². The number of fused-ring (bicyclic) bond motifs is 1. The van der Waals surface area contributed by atoms with Gasteiger partial charge in [0.25, 0.3) is 17.7 Å². The molecule has 0 bridgehead atoms. The minimum Gasteiger partial charge on any atom is -0.321 e. The first-order chi connectivity index (χ1) is 16.3. The molecule has 0 atom stereocenters. The molecule has 1 saturated carbocycles. The van der Waals surface area contributed by atoms with Crippen LogP contribution in [0.15, 0.2) is 54.6 Å². The Kier molecular flexibility index (Phi) is 5.80. The van der Waals surface area contributed by atoms with Crippen molar-refractivity contribution in [2.24, 2.45) is 0 Å². The number of hydrogen-bond donors (Lipinski definition) is 1. The van der Waals surface area contributed by atoms with Gasteiger partial charge in [0.15, 0.2) is 0 Å². The standard InChI is InChI=1S/C26H24ClN3O3S/c1-29(2)15-26(12-13-26)17-8-6-16(7-9-17)14-30-24(32)18-4-3-5-19(22(18)25(30)33)28-23(31)20-10-11-21(27)34-20/h3-11H,12-15H2,1-2H3,(H,28,31). The molecule has 0 unspecified atom stereocenters. The predicted octanol–water partition coefficient (Wildman–Crippen LogP) is 5.04. The lowest BCUT2D eigenvalue weighted by Gasteiger charge is -2.21. The number of benzene rings is 2.